The first-order valence-electron chi connectivity index (χ1n) is 7.61. The van der Waals surface area contributed by atoms with Gasteiger partial charge in [0.1, 0.15) is 9.84 Å². The Morgan fingerprint density at radius 1 is 1.32 bits per heavy atom. The quantitative estimate of drug-likeness (QED) is 0.831. The van der Waals surface area contributed by atoms with E-state index in [2.05, 4.69) is 17.1 Å². The maximum absolute atomic E-state index is 11.3. The molecule has 1 aliphatic heterocycles. The Morgan fingerprint density at radius 3 is 2.58 bits per heavy atom. The Balaban J connectivity index is 1.95. The molecule has 4 nitrogen and oxygen atoms in total. The van der Waals surface area contributed by atoms with Gasteiger partial charge >= 0.3 is 0 Å². The lowest BCUT2D eigenvalue weighted by Crippen LogP contribution is -2.63. The largest absolute Gasteiger partial charge is 0.311 e. The van der Waals surface area contributed by atoms with Crippen molar-refractivity contribution < 1.29 is 8.42 Å². The molecular weight excluding hydrogens is 260 g/mol. The molecule has 1 unspecified atom stereocenters. The van der Waals surface area contributed by atoms with E-state index in [0.29, 0.717) is 17.3 Å². The van der Waals surface area contributed by atoms with Gasteiger partial charge in [0.25, 0.3) is 0 Å². The van der Waals surface area contributed by atoms with E-state index in [9.17, 15) is 8.42 Å². The Morgan fingerprint density at radius 2 is 2.00 bits per heavy atom. The maximum Gasteiger partial charge on any atom is 0.147 e. The van der Waals surface area contributed by atoms with Crippen molar-refractivity contribution in [3.8, 4) is 0 Å². The van der Waals surface area contributed by atoms with Crippen LogP contribution in [0.1, 0.15) is 45.4 Å². The van der Waals surface area contributed by atoms with Crippen LogP contribution in [0.15, 0.2) is 0 Å². The summed E-state index contributed by atoms with van der Waals surface area (Å²) in [5.41, 5.74) is 0.323. The summed E-state index contributed by atoms with van der Waals surface area (Å²) in [7, 11) is -2.82. The van der Waals surface area contributed by atoms with Crippen LogP contribution in [-0.4, -0.2) is 56.5 Å². The summed E-state index contributed by atoms with van der Waals surface area (Å²) in [4.78, 5) is 2.59. The van der Waals surface area contributed by atoms with Gasteiger partial charge in [-0.25, -0.2) is 8.42 Å². The van der Waals surface area contributed by atoms with Crippen molar-refractivity contribution in [1.29, 1.82) is 0 Å². The van der Waals surface area contributed by atoms with Crippen LogP contribution in [-0.2, 0) is 9.84 Å². The molecule has 1 N–H and O–H groups in total. The van der Waals surface area contributed by atoms with Crippen molar-refractivity contribution in [3.63, 3.8) is 0 Å². The molecule has 0 amide bonds. The van der Waals surface area contributed by atoms with Gasteiger partial charge in [-0.1, -0.05) is 19.8 Å². The third-order valence-corrected chi connectivity index (χ3v) is 5.83. The van der Waals surface area contributed by atoms with Crippen LogP contribution in [0, 0.1) is 0 Å². The highest BCUT2D eigenvalue weighted by Crippen LogP contribution is 2.37. The second-order valence-electron chi connectivity index (χ2n) is 6.35. The van der Waals surface area contributed by atoms with Gasteiger partial charge in [0.15, 0.2) is 0 Å². The van der Waals surface area contributed by atoms with E-state index in [-0.39, 0.29) is 0 Å². The summed E-state index contributed by atoms with van der Waals surface area (Å²) >= 11 is 0. The molecule has 1 spiro atoms. The van der Waals surface area contributed by atoms with E-state index >= 15 is 0 Å². The summed E-state index contributed by atoms with van der Waals surface area (Å²) in [6.45, 7) is 5.33. The van der Waals surface area contributed by atoms with Gasteiger partial charge in [-0.2, -0.15) is 0 Å². The molecule has 0 aromatic heterocycles. The van der Waals surface area contributed by atoms with Gasteiger partial charge in [0.05, 0.1) is 5.75 Å². The molecule has 0 radical (unpaired) electrons. The molecule has 2 rings (SSSR count). The SMILES string of the molecule is CCC1CN(CCCS(C)(=O)=O)C2(CCCC2)CN1. The van der Waals surface area contributed by atoms with E-state index in [0.717, 1.165) is 32.5 Å². The lowest BCUT2D eigenvalue weighted by molar-refractivity contribution is 0.0425. The fourth-order valence-electron chi connectivity index (χ4n) is 3.62. The van der Waals surface area contributed by atoms with Crippen LogP contribution in [0.5, 0.6) is 0 Å². The number of hydrogen-bond acceptors (Lipinski definition) is 4. The molecule has 19 heavy (non-hydrogen) atoms. The summed E-state index contributed by atoms with van der Waals surface area (Å²) in [5.74, 6) is 0.323. The van der Waals surface area contributed by atoms with Crippen LogP contribution in [0.4, 0.5) is 0 Å². The van der Waals surface area contributed by atoms with Crippen molar-refractivity contribution in [2.45, 2.75) is 57.0 Å². The van der Waals surface area contributed by atoms with Crippen LogP contribution < -0.4 is 5.32 Å². The van der Waals surface area contributed by atoms with Crippen LogP contribution in [0.25, 0.3) is 0 Å². The molecule has 112 valence electrons. The zero-order valence-corrected chi connectivity index (χ0v) is 13.1. The highest BCUT2D eigenvalue weighted by molar-refractivity contribution is 7.90. The minimum absolute atomic E-state index is 0.323. The minimum Gasteiger partial charge on any atom is -0.311 e. The number of hydrogen-bond donors (Lipinski definition) is 1. The minimum atomic E-state index is -2.82. The van der Waals surface area contributed by atoms with Gasteiger partial charge < -0.3 is 5.32 Å². The molecule has 0 bridgehead atoms. The fraction of sp³-hybridized carbons (Fsp3) is 1.00. The maximum atomic E-state index is 11.3. The van der Waals surface area contributed by atoms with Crippen LogP contribution >= 0.6 is 0 Å². The van der Waals surface area contributed by atoms with Crippen molar-refractivity contribution >= 4 is 9.84 Å². The molecule has 2 aliphatic rings. The molecule has 1 saturated heterocycles. The van der Waals surface area contributed by atoms with Gasteiger partial charge in [-0.15, -0.1) is 0 Å². The molecule has 1 aliphatic carbocycles. The van der Waals surface area contributed by atoms with Crippen molar-refractivity contribution in [2.75, 3.05) is 31.6 Å². The predicted octanol–water partition coefficient (Wildman–Crippen LogP) is 1.42. The highest BCUT2D eigenvalue weighted by Gasteiger charge is 2.42. The second kappa shape index (κ2) is 6.10. The third kappa shape index (κ3) is 3.92. The lowest BCUT2D eigenvalue weighted by Gasteiger charge is -2.48. The first-order chi connectivity index (χ1) is 8.95. The standard InChI is InChI=1S/C14H28N2O2S/c1-3-13-11-16(9-6-10-19(2,17)18)14(12-15-13)7-4-5-8-14/h13,15H,3-12H2,1-2H3. The van der Waals surface area contributed by atoms with E-state index in [4.69, 9.17) is 0 Å². The summed E-state index contributed by atoms with van der Waals surface area (Å²) < 4.78 is 22.6. The number of nitrogens with zero attached hydrogens (tertiary/aromatic N) is 1. The number of rotatable bonds is 5. The van der Waals surface area contributed by atoms with Gasteiger partial charge in [-0.3, -0.25) is 4.90 Å². The zero-order chi connectivity index (χ0) is 13.9. The van der Waals surface area contributed by atoms with Gasteiger partial charge in [-0.05, 0) is 32.2 Å². The average molecular weight is 288 g/mol. The molecule has 1 saturated carbocycles. The molecule has 5 heteroatoms. The molecule has 1 heterocycles. The molecular formula is C14H28N2O2S. The van der Waals surface area contributed by atoms with Crippen molar-refractivity contribution in [1.82, 2.24) is 10.2 Å². The smallest absolute Gasteiger partial charge is 0.147 e. The van der Waals surface area contributed by atoms with Crippen LogP contribution in [0.3, 0.4) is 0 Å². The van der Waals surface area contributed by atoms with E-state index in [1.54, 1.807) is 0 Å². The summed E-state index contributed by atoms with van der Waals surface area (Å²) in [6.07, 6.45) is 8.45. The van der Waals surface area contributed by atoms with Crippen molar-refractivity contribution in [3.05, 3.63) is 0 Å². The second-order valence-corrected chi connectivity index (χ2v) is 8.61. The summed E-state index contributed by atoms with van der Waals surface area (Å²) in [6, 6.07) is 0.574. The molecule has 2 fully saturated rings. The average Bonchev–Trinajstić information content (AvgIpc) is 2.80. The Hall–Kier alpha value is -0.130. The van der Waals surface area contributed by atoms with E-state index < -0.39 is 9.84 Å². The zero-order valence-electron chi connectivity index (χ0n) is 12.3. The Bertz CT molecular complexity index is 388. The first kappa shape index (κ1) is 15.3. The predicted molar refractivity (Wildman–Crippen MR) is 79.2 cm³/mol. The number of piperazine rings is 1. The Labute approximate surface area is 117 Å². The topological polar surface area (TPSA) is 49.4 Å². The van der Waals surface area contributed by atoms with Crippen molar-refractivity contribution in [2.24, 2.45) is 0 Å². The highest BCUT2D eigenvalue weighted by atomic mass is 32.2. The molecule has 0 aromatic carbocycles. The first-order valence-corrected chi connectivity index (χ1v) is 9.67. The van der Waals surface area contributed by atoms with Gasteiger partial charge in [0.2, 0.25) is 0 Å². The van der Waals surface area contributed by atoms with E-state index in [1.165, 1.54) is 31.9 Å². The normalized spacial score (nSPS) is 28.0. The molecule has 1 atom stereocenters. The number of sulfone groups is 1. The molecule has 0 aromatic rings. The fourth-order valence-corrected chi connectivity index (χ4v) is 4.27. The monoisotopic (exact) mass is 288 g/mol. The van der Waals surface area contributed by atoms with Gasteiger partial charge in [0, 0.05) is 30.9 Å². The lowest BCUT2D eigenvalue weighted by atomic mass is 9.90. The summed E-state index contributed by atoms with van der Waals surface area (Å²) in [5, 5.41) is 3.68. The number of nitrogens with one attached hydrogen (secondary N) is 1. The van der Waals surface area contributed by atoms with E-state index in [1.807, 2.05) is 0 Å². The van der Waals surface area contributed by atoms with Crippen LogP contribution in [0.2, 0.25) is 0 Å². The Kier molecular flexibility index (Phi) is 4.90. The third-order valence-electron chi connectivity index (χ3n) is 4.80.